The van der Waals surface area contributed by atoms with Crippen molar-refractivity contribution >= 4 is 11.8 Å². The van der Waals surface area contributed by atoms with Crippen LogP contribution in [0.2, 0.25) is 0 Å². The van der Waals surface area contributed by atoms with Gasteiger partial charge in [-0.25, -0.2) is 0 Å². The molecule has 20 heavy (non-hydrogen) atoms. The summed E-state index contributed by atoms with van der Waals surface area (Å²) < 4.78 is 1.95. The van der Waals surface area contributed by atoms with Gasteiger partial charge in [-0.15, -0.1) is 0 Å². The first kappa shape index (κ1) is 12.7. The van der Waals surface area contributed by atoms with Crippen LogP contribution in [0.5, 0.6) is 0 Å². The van der Waals surface area contributed by atoms with Crippen LogP contribution in [-0.2, 0) is 0 Å². The van der Waals surface area contributed by atoms with Gasteiger partial charge in [-0.05, 0) is 55.7 Å². The number of nitrogens with zero attached hydrogens (tertiary/aromatic N) is 1. The lowest BCUT2D eigenvalue weighted by Crippen LogP contribution is -1.95. The molecular formula is C18H17NO. The summed E-state index contributed by atoms with van der Waals surface area (Å²) in [6.45, 7) is 6.30. The van der Waals surface area contributed by atoms with E-state index in [1.807, 2.05) is 28.8 Å². The molecule has 2 heteroatoms. The Morgan fingerprint density at radius 2 is 1.70 bits per heavy atom. The number of carbonyl (C=O) groups excluding carboxylic acids is 1. The fourth-order valence-electron chi connectivity index (χ4n) is 3.07. The number of benzene rings is 1. The molecule has 0 unspecified atom stereocenters. The summed E-state index contributed by atoms with van der Waals surface area (Å²) in [5, 5.41) is 0. The van der Waals surface area contributed by atoms with E-state index >= 15 is 0 Å². The fraction of sp³-hybridized carbons (Fsp3) is 0.167. The first-order chi connectivity index (χ1) is 9.61. The molecule has 0 amide bonds. The van der Waals surface area contributed by atoms with Crippen LogP contribution in [0.25, 0.3) is 16.6 Å². The normalized spacial score (nSPS) is 10.9. The molecule has 0 spiro atoms. The van der Waals surface area contributed by atoms with Crippen molar-refractivity contribution in [3.8, 4) is 11.1 Å². The molecule has 2 heterocycles. The quantitative estimate of drug-likeness (QED) is 0.630. The summed E-state index contributed by atoms with van der Waals surface area (Å²) in [7, 11) is 0. The molecule has 2 nitrogen and oxygen atoms in total. The molecule has 0 atom stereocenters. The van der Waals surface area contributed by atoms with Crippen LogP contribution in [0, 0.1) is 20.8 Å². The molecule has 0 radical (unpaired) electrons. The van der Waals surface area contributed by atoms with E-state index in [9.17, 15) is 4.79 Å². The Morgan fingerprint density at radius 3 is 2.35 bits per heavy atom. The lowest BCUT2D eigenvalue weighted by molar-refractivity contribution is 0.111. The molecule has 0 aliphatic heterocycles. The van der Waals surface area contributed by atoms with Gasteiger partial charge in [0, 0.05) is 17.3 Å². The molecule has 0 saturated heterocycles. The van der Waals surface area contributed by atoms with Crippen molar-refractivity contribution in [1.29, 1.82) is 0 Å². The van der Waals surface area contributed by atoms with Gasteiger partial charge in [0.25, 0.3) is 0 Å². The molecule has 100 valence electrons. The molecule has 1 aromatic carbocycles. The van der Waals surface area contributed by atoms with Crippen molar-refractivity contribution in [3.05, 3.63) is 65.0 Å². The number of fused-ring (bicyclic) bond motifs is 1. The topological polar surface area (TPSA) is 21.5 Å². The maximum Gasteiger partial charge on any atom is 0.167 e. The molecule has 3 rings (SSSR count). The van der Waals surface area contributed by atoms with Crippen LogP contribution in [-0.4, -0.2) is 10.7 Å². The molecule has 0 saturated carbocycles. The van der Waals surface area contributed by atoms with E-state index in [0.29, 0.717) is 0 Å². The van der Waals surface area contributed by atoms with Crippen LogP contribution >= 0.6 is 0 Å². The van der Waals surface area contributed by atoms with E-state index in [0.717, 1.165) is 23.1 Å². The molecule has 0 N–H and O–H groups in total. The largest absolute Gasteiger partial charge is 0.314 e. The monoisotopic (exact) mass is 263 g/mol. The van der Waals surface area contributed by atoms with Crippen molar-refractivity contribution < 1.29 is 4.79 Å². The zero-order valence-corrected chi connectivity index (χ0v) is 12.0. The number of aldehydes is 1. The van der Waals surface area contributed by atoms with Gasteiger partial charge in [-0.2, -0.15) is 0 Å². The number of aryl methyl sites for hydroxylation is 3. The second kappa shape index (κ2) is 4.64. The number of aromatic nitrogens is 1. The standard InChI is InChI=1S/C18H17NO/c1-12-8-13(2)18(14(3)9-12)16-10-15-6-4-5-7-19(15)17(16)11-20/h4-11H,1-3H3. The third-order valence-corrected chi connectivity index (χ3v) is 3.78. The van der Waals surface area contributed by atoms with Gasteiger partial charge in [-0.3, -0.25) is 4.79 Å². The number of hydrogen-bond acceptors (Lipinski definition) is 1. The van der Waals surface area contributed by atoms with Crippen LogP contribution < -0.4 is 0 Å². The van der Waals surface area contributed by atoms with Crippen molar-refractivity contribution in [2.75, 3.05) is 0 Å². The highest BCUT2D eigenvalue weighted by molar-refractivity contribution is 5.91. The van der Waals surface area contributed by atoms with E-state index in [2.05, 4.69) is 39.0 Å². The van der Waals surface area contributed by atoms with Crippen molar-refractivity contribution in [1.82, 2.24) is 4.40 Å². The first-order valence-electron chi connectivity index (χ1n) is 6.75. The van der Waals surface area contributed by atoms with Gasteiger partial charge in [0.2, 0.25) is 0 Å². The number of rotatable bonds is 2. The highest BCUT2D eigenvalue weighted by Crippen LogP contribution is 2.32. The van der Waals surface area contributed by atoms with E-state index in [1.165, 1.54) is 22.3 Å². The lowest BCUT2D eigenvalue weighted by atomic mass is 9.94. The summed E-state index contributed by atoms with van der Waals surface area (Å²) in [6.07, 6.45) is 2.88. The van der Waals surface area contributed by atoms with Gasteiger partial charge in [0.1, 0.15) is 0 Å². The molecular weight excluding hydrogens is 246 g/mol. The Kier molecular flexibility index (Phi) is 2.94. The molecule has 3 aromatic rings. The van der Waals surface area contributed by atoms with Crippen LogP contribution in [0.15, 0.2) is 42.6 Å². The second-order valence-electron chi connectivity index (χ2n) is 5.33. The summed E-state index contributed by atoms with van der Waals surface area (Å²) in [5.41, 5.74) is 7.62. The molecule has 0 bridgehead atoms. The van der Waals surface area contributed by atoms with Crippen molar-refractivity contribution in [2.24, 2.45) is 0 Å². The second-order valence-corrected chi connectivity index (χ2v) is 5.33. The summed E-state index contributed by atoms with van der Waals surface area (Å²) in [4.78, 5) is 11.5. The van der Waals surface area contributed by atoms with E-state index < -0.39 is 0 Å². The molecule has 0 aliphatic rings. The van der Waals surface area contributed by atoms with Gasteiger partial charge in [-0.1, -0.05) is 23.8 Å². The van der Waals surface area contributed by atoms with E-state index in [4.69, 9.17) is 0 Å². The van der Waals surface area contributed by atoms with Gasteiger partial charge in [0.05, 0.1) is 5.69 Å². The number of carbonyl (C=O) groups is 1. The Bertz CT molecular complexity index is 788. The van der Waals surface area contributed by atoms with E-state index in [1.54, 1.807) is 0 Å². The lowest BCUT2D eigenvalue weighted by Gasteiger charge is -2.11. The van der Waals surface area contributed by atoms with Gasteiger partial charge >= 0.3 is 0 Å². The fourth-order valence-corrected chi connectivity index (χ4v) is 3.07. The minimum absolute atomic E-state index is 0.718. The predicted octanol–water partition coefficient (Wildman–Crippen LogP) is 4.34. The van der Waals surface area contributed by atoms with Crippen LogP contribution in [0.3, 0.4) is 0 Å². The van der Waals surface area contributed by atoms with Crippen LogP contribution in [0.1, 0.15) is 27.2 Å². The minimum Gasteiger partial charge on any atom is -0.314 e. The molecule has 0 aliphatic carbocycles. The minimum atomic E-state index is 0.718. The highest BCUT2D eigenvalue weighted by atomic mass is 16.1. The average Bonchev–Trinajstić information content (AvgIpc) is 2.75. The average molecular weight is 263 g/mol. The first-order valence-corrected chi connectivity index (χ1v) is 6.75. The van der Waals surface area contributed by atoms with Gasteiger partial charge < -0.3 is 4.40 Å². The van der Waals surface area contributed by atoms with E-state index in [-0.39, 0.29) is 0 Å². The Labute approximate surface area is 118 Å². The SMILES string of the molecule is Cc1cc(C)c(-c2cc3ccccn3c2C=O)c(C)c1. The maximum atomic E-state index is 11.5. The molecule has 0 fully saturated rings. The van der Waals surface area contributed by atoms with Crippen molar-refractivity contribution in [2.45, 2.75) is 20.8 Å². The summed E-state index contributed by atoms with van der Waals surface area (Å²) >= 11 is 0. The molecule has 2 aromatic heterocycles. The zero-order valence-electron chi connectivity index (χ0n) is 12.0. The Morgan fingerprint density at radius 1 is 1.00 bits per heavy atom. The maximum absolute atomic E-state index is 11.5. The smallest absolute Gasteiger partial charge is 0.167 e. The van der Waals surface area contributed by atoms with Crippen LogP contribution in [0.4, 0.5) is 0 Å². The predicted molar refractivity (Wildman–Crippen MR) is 82.4 cm³/mol. The Balaban J connectivity index is 2.38. The highest BCUT2D eigenvalue weighted by Gasteiger charge is 2.15. The third-order valence-electron chi connectivity index (χ3n) is 3.78. The Hall–Kier alpha value is -2.35. The number of hydrogen-bond donors (Lipinski definition) is 0. The zero-order chi connectivity index (χ0) is 14.3. The number of pyridine rings is 1. The van der Waals surface area contributed by atoms with Gasteiger partial charge in [0.15, 0.2) is 6.29 Å². The van der Waals surface area contributed by atoms with Crippen molar-refractivity contribution in [3.63, 3.8) is 0 Å². The summed E-state index contributed by atoms with van der Waals surface area (Å²) in [6, 6.07) is 12.4. The summed E-state index contributed by atoms with van der Waals surface area (Å²) in [5.74, 6) is 0. The third kappa shape index (κ3) is 1.85.